The molecule has 0 unspecified atom stereocenters. The van der Waals surface area contributed by atoms with Crippen molar-refractivity contribution >= 4 is 33.2 Å². The molecule has 1 amide bonds. The Bertz CT molecular complexity index is 1250. The number of halogens is 1. The fourth-order valence-corrected chi connectivity index (χ4v) is 5.84. The topological polar surface area (TPSA) is 66.9 Å². The molecule has 6 nitrogen and oxygen atoms in total. The quantitative estimate of drug-likeness (QED) is 0.430. The Kier molecular flexibility index (Phi) is 8.02. The fraction of sp³-hybridized carbons (Fsp3) is 0.269. The Morgan fingerprint density at radius 1 is 0.941 bits per heavy atom. The highest BCUT2D eigenvalue weighted by molar-refractivity contribution is 7.89. The molecule has 0 atom stereocenters. The van der Waals surface area contributed by atoms with Crippen LogP contribution in [0.25, 0.3) is 0 Å². The number of ether oxygens (including phenoxy) is 1. The molecule has 0 N–H and O–H groups in total. The van der Waals surface area contributed by atoms with Gasteiger partial charge in [-0.05, 0) is 73.9 Å². The Balaban J connectivity index is 1.97. The number of hydrogen-bond acceptors (Lipinski definition) is 4. The summed E-state index contributed by atoms with van der Waals surface area (Å²) in [6, 6.07) is 17.6. The lowest BCUT2D eigenvalue weighted by Gasteiger charge is -2.26. The minimum atomic E-state index is -3.98. The highest BCUT2D eigenvalue weighted by Crippen LogP contribution is 2.27. The van der Waals surface area contributed by atoms with E-state index in [0.29, 0.717) is 27.6 Å². The number of anilines is 1. The van der Waals surface area contributed by atoms with Gasteiger partial charge in [0.05, 0.1) is 18.6 Å². The van der Waals surface area contributed by atoms with Crippen molar-refractivity contribution in [2.75, 3.05) is 25.6 Å². The average molecular weight is 501 g/mol. The van der Waals surface area contributed by atoms with Crippen LogP contribution in [0.5, 0.6) is 5.75 Å². The molecule has 0 radical (unpaired) electrons. The Labute approximate surface area is 206 Å². The number of amides is 1. The van der Waals surface area contributed by atoms with Gasteiger partial charge < -0.3 is 9.64 Å². The van der Waals surface area contributed by atoms with Crippen molar-refractivity contribution in [3.8, 4) is 5.75 Å². The molecule has 0 saturated carbocycles. The van der Waals surface area contributed by atoms with E-state index in [1.807, 2.05) is 19.1 Å². The van der Waals surface area contributed by atoms with Crippen molar-refractivity contribution < 1.29 is 17.9 Å². The molecule has 0 aliphatic rings. The maximum Gasteiger partial charge on any atom is 0.244 e. The normalized spacial score (nSPS) is 11.5. The SMILES string of the molecule is COc1ccc(N(C)C(=O)CN(Cc2ccc(Cl)cc2)S(=O)(=O)c2c(C)cc(C)cc2C)cc1. The van der Waals surface area contributed by atoms with Crippen LogP contribution < -0.4 is 9.64 Å². The number of likely N-dealkylation sites (N-methyl/N-ethyl adjacent to an activating group) is 1. The molecular formula is C26H29ClN2O4S. The van der Waals surface area contributed by atoms with Crippen LogP contribution in [-0.4, -0.2) is 39.3 Å². The van der Waals surface area contributed by atoms with Gasteiger partial charge in [0.15, 0.2) is 0 Å². The van der Waals surface area contributed by atoms with Gasteiger partial charge in [0.2, 0.25) is 15.9 Å². The van der Waals surface area contributed by atoms with Crippen molar-refractivity contribution in [2.45, 2.75) is 32.2 Å². The van der Waals surface area contributed by atoms with E-state index >= 15 is 0 Å². The van der Waals surface area contributed by atoms with Gasteiger partial charge in [-0.3, -0.25) is 4.79 Å². The third-order valence-electron chi connectivity index (χ3n) is 5.62. The van der Waals surface area contributed by atoms with E-state index in [2.05, 4.69) is 0 Å². The van der Waals surface area contributed by atoms with Crippen molar-refractivity contribution in [3.63, 3.8) is 0 Å². The molecule has 180 valence electrons. The second-order valence-electron chi connectivity index (χ2n) is 8.28. The number of hydrogen-bond donors (Lipinski definition) is 0. The monoisotopic (exact) mass is 500 g/mol. The van der Waals surface area contributed by atoms with Crippen molar-refractivity contribution in [1.82, 2.24) is 4.31 Å². The Hall–Kier alpha value is -2.87. The minimum Gasteiger partial charge on any atom is -0.497 e. The lowest BCUT2D eigenvalue weighted by Crippen LogP contribution is -2.41. The third-order valence-corrected chi connectivity index (χ3v) is 7.97. The van der Waals surface area contributed by atoms with Crippen LogP contribution in [0.4, 0.5) is 5.69 Å². The summed E-state index contributed by atoms with van der Waals surface area (Å²) in [5.41, 5.74) is 3.64. The van der Waals surface area contributed by atoms with Crippen LogP contribution in [0.1, 0.15) is 22.3 Å². The van der Waals surface area contributed by atoms with Gasteiger partial charge in [0.1, 0.15) is 5.75 Å². The first-order valence-corrected chi connectivity index (χ1v) is 12.6. The zero-order chi connectivity index (χ0) is 25.0. The molecule has 3 aromatic carbocycles. The molecule has 0 aliphatic heterocycles. The molecule has 0 aromatic heterocycles. The van der Waals surface area contributed by atoms with E-state index in [1.165, 1.54) is 9.21 Å². The standard InChI is InChI=1S/C26H29ClN2O4S/c1-18-14-19(2)26(20(3)15-18)34(31,32)29(16-21-6-8-22(27)9-7-21)17-25(30)28(4)23-10-12-24(33-5)13-11-23/h6-15H,16-17H2,1-5H3. The second-order valence-corrected chi connectivity index (χ2v) is 10.6. The van der Waals surface area contributed by atoms with E-state index in [-0.39, 0.29) is 23.9 Å². The second kappa shape index (κ2) is 10.6. The predicted octanol–water partition coefficient (Wildman–Crippen LogP) is 5.13. The van der Waals surface area contributed by atoms with Crippen LogP contribution in [-0.2, 0) is 21.4 Å². The van der Waals surface area contributed by atoms with Crippen molar-refractivity contribution in [2.24, 2.45) is 0 Å². The smallest absolute Gasteiger partial charge is 0.244 e. The maximum absolute atomic E-state index is 13.8. The summed E-state index contributed by atoms with van der Waals surface area (Å²) >= 11 is 6.00. The summed E-state index contributed by atoms with van der Waals surface area (Å²) in [6.45, 7) is 5.20. The predicted molar refractivity (Wildman–Crippen MR) is 136 cm³/mol. The van der Waals surface area contributed by atoms with E-state index < -0.39 is 10.0 Å². The summed E-state index contributed by atoms with van der Waals surface area (Å²) in [6.07, 6.45) is 0. The number of aryl methyl sites for hydroxylation is 3. The summed E-state index contributed by atoms with van der Waals surface area (Å²) in [5, 5.41) is 0.554. The summed E-state index contributed by atoms with van der Waals surface area (Å²) in [5.74, 6) is 0.312. The first-order valence-electron chi connectivity index (χ1n) is 10.8. The van der Waals surface area contributed by atoms with Crippen molar-refractivity contribution in [1.29, 1.82) is 0 Å². The minimum absolute atomic E-state index is 0.0362. The number of rotatable bonds is 8. The van der Waals surface area contributed by atoms with Crippen LogP contribution in [0.2, 0.25) is 5.02 Å². The van der Waals surface area contributed by atoms with Crippen molar-refractivity contribution in [3.05, 3.63) is 87.9 Å². The van der Waals surface area contributed by atoms with Gasteiger partial charge in [0.25, 0.3) is 0 Å². The molecule has 0 heterocycles. The van der Waals surface area contributed by atoms with Crippen LogP contribution in [0.3, 0.4) is 0 Å². The lowest BCUT2D eigenvalue weighted by molar-refractivity contribution is -0.118. The first kappa shape index (κ1) is 25.7. The maximum atomic E-state index is 13.8. The number of nitrogens with zero attached hydrogens (tertiary/aromatic N) is 2. The fourth-order valence-electron chi connectivity index (χ4n) is 3.93. The van der Waals surface area contributed by atoms with E-state index in [0.717, 1.165) is 11.1 Å². The zero-order valence-corrected chi connectivity index (χ0v) is 21.6. The molecule has 0 saturated heterocycles. The lowest BCUT2D eigenvalue weighted by atomic mass is 10.1. The number of carbonyl (C=O) groups excluding carboxylic acids is 1. The molecule has 0 aliphatic carbocycles. The molecule has 3 aromatic rings. The largest absolute Gasteiger partial charge is 0.497 e. The van der Waals surface area contributed by atoms with Crippen LogP contribution in [0.15, 0.2) is 65.6 Å². The van der Waals surface area contributed by atoms with Crippen LogP contribution >= 0.6 is 11.6 Å². The number of carbonyl (C=O) groups is 1. The summed E-state index contributed by atoms with van der Waals surface area (Å²) in [7, 11) is -0.784. The third kappa shape index (κ3) is 5.78. The van der Waals surface area contributed by atoms with Crippen LogP contribution in [0, 0.1) is 20.8 Å². The molecule has 0 fully saturated rings. The molecule has 0 spiro atoms. The molecule has 8 heteroatoms. The number of methoxy groups -OCH3 is 1. The van der Waals surface area contributed by atoms with Gasteiger partial charge in [-0.2, -0.15) is 4.31 Å². The number of benzene rings is 3. The first-order chi connectivity index (χ1) is 16.0. The van der Waals surface area contributed by atoms with Gasteiger partial charge in [-0.1, -0.05) is 41.4 Å². The molecule has 3 rings (SSSR count). The average Bonchev–Trinajstić information content (AvgIpc) is 2.78. The van der Waals surface area contributed by atoms with E-state index in [1.54, 1.807) is 76.5 Å². The summed E-state index contributed by atoms with van der Waals surface area (Å²) in [4.78, 5) is 14.9. The van der Waals surface area contributed by atoms with E-state index in [9.17, 15) is 13.2 Å². The molecular weight excluding hydrogens is 472 g/mol. The van der Waals surface area contributed by atoms with Gasteiger partial charge in [-0.15, -0.1) is 0 Å². The van der Waals surface area contributed by atoms with Gasteiger partial charge in [-0.25, -0.2) is 8.42 Å². The van der Waals surface area contributed by atoms with Gasteiger partial charge >= 0.3 is 0 Å². The summed E-state index contributed by atoms with van der Waals surface area (Å²) < 4.78 is 34.1. The zero-order valence-electron chi connectivity index (χ0n) is 20.0. The molecule has 34 heavy (non-hydrogen) atoms. The van der Waals surface area contributed by atoms with E-state index in [4.69, 9.17) is 16.3 Å². The highest BCUT2D eigenvalue weighted by atomic mass is 35.5. The Morgan fingerprint density at radius 3 is 2.03 bits per heavy atom. The Morgan fingerprint density at radius 2 is 1.50 bits per heavy atom. The highest BCUT2D eigenvalue weighted by Gasteiger charge is 2.31. The van der Waals surface area contributed by atoms with Gasteiger partial charge in [0, 0.05) is 24.3 Å². The number of sulfonamides is 1. The molecule has 0 bridgehead atoms.